The van der Waals surface area contributed by atoms with Gasteiger partial charge in [-0.25, -0.2) is 0 Å². The van der Waals surface area contributed by atoms with E-state index >= 15 is 0 Å². The number of hydrogen-bond donors (Lipinski definition) is 3. The number of carbonyl (C=O) groups excluding carboxylic acids is 2. The maximum Gasteiger partial charge on any atom is 0.305 e. The number of aliphatic hydroxyl groups is 2. The Hall–Kier alpha value is -2.18. The van der Waals surface area contributed by atoms with E-state index in [0.717, 1.165) is 51.4 Å². The van der Waals surface area contributed by atoms with Crippen LogP contribution < -0.4 is 5.32 Å². The van der Waals surface area contributed by atoms with Gasteiger partial charge in [0, 0.05) is 12.8 Å². The van der Waals surface area contributed by atoms with E-state index in [1.807, 2.05) is 6.08 Å². The predicted octanol–water partition coefficient (Wildman–Crippen LogP) is 19.4. The number of nitrogens with one attached hydrogen (secondary N) is 1. The first-order valence-electron chi connectivity index (χ1n) is 30.9. The molecule has 410 valence electrons. The number of aliphatic hydroxyl groups excluding tert-OH is 2. The first-order chi connectivity index (χ1) is 34.5. The Kier molecular flexibility index (Phi) is 57.5. The number of amides is 1. The summed E-state index contributed by atoms with van der Waals surface area (Å²) < 4.78 is 5.47. The molecule has 0 bridgehead atoms. The fourth-order valence-electron chi connectivity index (χ4n) is 9.31. The largest absolute Gasteiger partial charge is 0.466 e. The molecule has 3 N–H and O–H groups in total. The fraction of sp³-hybridized carbons (Fsp3) is 0.844. The van der Waals surface area contributed by atoms with Crippen molar-refractivity contribution in [2.24, 2.45) is 0 Å². The first kappa shape index (κ1) is 67.8. The molecule has 0 heterocycles. The van der Waals surface area contributed by atoms with Crippen molar-refractivity contribution in [3.8, 4) is 0 Å². The summed E-state index contributed by atoms with van der Waals surface area (Å²) in [5.41, 5.74) is 0. The maximum absolute atomic E-state index is 12.4. The lowest BCUT2D eigenvalue weighted by Gasteiger charge is -2.20. The first-order valence-corrected chi connectivity index (χ1v) is 30.9. The lowest BCUT2D eigenvalue weighted by atomic mass is 10.0. The molecule has 0 saturated carbocycles. The molecule has 0 aliphatic heterocycles. The van der Waals surface area contributed by atoms with Crippen molar-refractivity contribution in [2.45, 2.75) is 334 Å². The Bertz CT molecular complexity index is 1180. The summed E-state index contributed by atoms with van der Waals surface area (Å²) in [6.45, 7) is 4.81. The van der Waals surface area contributed by atoms with Crippen molar-refractivity contribution < 1.29 is 24.5 Å². The zero-order chi connectivity index (χ0) is 50.7. The number of carbonyl (C=O) groups is 2. The van der Waals surface area contributed by atoms with Crippen LogP contribution in [0, 0.1) is 0 Å². The molecule has 0 aromatic rings. The molecule has 0 saturated heterocycles. The van der Waals surface area contributed by atoms with Crippen molar-refractivity contribution in [2.75, 3.05) is 13.2 Å². The standard InChI is InChI=1S/C64H119NO5/c1-3-5-7-9-11-13-14-34-38-42-46-50-54-58-64(69)70-59-55-51-47-43-39-36-33-31-29-27-25-23-21-19-17-15-16-18-20-22-24-26-28-30-32-35-37-41-45-49-53-57-63(68)65-61(60-66)62(67)56-52-48-44-40-12-10-8-6-4-2/h7,9,13-14,17,19,52,56,61-62,66-67H,3-6,8,10-12,15-16,18,20-51,53-55,57-60H2,1-2H3,(H,65,68)/b9-7-,14-13-,19-17-,56-52+. The van der Waals surface area contributed by atoms with Crippen LogP contribution in [0.4, 0.5) is 0 Å². The van der Waals surface area contributed by atoms with E-state index in [1.165, 1.54) is 244 Å². The van der Waals surface area contributed by atoms with Gasteiger partial charge in [-0.3, -0.25) is 9.59 Å². The van der Waals surface area contributed by atoms with Crippen LogP contribution in [0.25, 0.3) is 0 Å². The van der Waals surface area contributed by atoms with E-state index in [9.17, 15) is 19.8 Å². The SMILES string of the molecule is CCC/C=C\C/C=C\CCCCCCCC(=O)OCCCCCCCCCCCCCC/C=C\CCCCCCCCCCCCCCCCCC(=O)NC(CO)C(O)/C=C/CCCCCCCCC. The number of ether oxygens (including phenoxy) is 1. The van der Waals surface area contributed by atoms with Gasteiger partial charge in [0.1, 0.15) is 0 Å². The number of hydrogen-bond acceptors (Lipinski definition) is 5. The molecule has 0 aromatic heterocycles. The van der Waals surface area contributed by atoms with Gasteiger partial charge in [0.05, 0.1) is 25.4 Å². The Morgan fingerprint density at radius 1 is 0.400 bits per heavy atom. The molecule has 6 nitrogen and oxygen atoms in total. The third kappa shape index (κ3) is 55.1. The van der Waals surface area contributed by atoms with Crippen LogP contribution in [0.15, 0.2) is 48.6 Å². The van der Waals surface area contributed by atoms with Crippen molar-refractivity contribution in [3.05, 3.63) is 48.6 Å². The highest BCUT2D eigenvalue weighted by Gasteiger charge is 2.18. The van der Waals surface area contributed by atoms with Crippen LogP contribution in [0.5, 0.6) is 0 Å². The van der Waals surface area contributed by atoms with Gasteiger partial charge in [-0.05, 0) is 83.5 Å². The van der Waals surface area contributed by atoms with Crippen LogP contribution in [-0.4, -0.2) is 47.4 Å². The van der Waals surface area contributed by atoms with Crippen LogP contribution >= 0.6 is 0 Å². The van der Waals surface area contributed by atoms with Gasteiger partial charge in [-0.15, -0.1) is 0 Å². The molecule has 6 heteroatoms. The zero-order valence-corrected chi connectivity index (χ0v) is 46.7. The average Bonchev–Trinajstić information content (AvgIpc) is 3.36. The summed E-state index contributed by atoms with van der Waals surface area (Å²) in [6.07, 6.45) is 76.1. The fourth-order valence-corrected chi connectivity index (χ4v) is 9.31. The van der Waals surface area contributed by atoms with Crippen molar-refractivity contribution in [1.29, 1.82) is 0 Å². The third-order valence-corrected chi connectivity index (χ3v) is 14.0. The van der Waals surface area contributed by atoms with E-state index in [4.69, 9.17) is 4.74 Å². The molecule has 2 unspecified atom stereocenters. The number of allylic oxidation sites excluding steroid dienone is 7. The highest BCUT2D eigenvalue weighted by atomic mass is 16.5. The lowest BCUT2D eigenvalue weighted by Crippen LogP contribution is -2.45. The maximum atomic E-state index is 12.4. The molecule has 1 amide bonds. The van der Waals surface area contributed by atoms with Gasteiger partial charge in [-0.2, -0.15) is 0 Å². The van der Waals surface area contributed by atoms with Crippen molar-refractivity contribution in [1.82, 2.24) is 5.32 Å². The van der Waals surface area contributed by atoms with Crippen LogP contribution in [-0.2, 0) is 14.3 Å². The highest BCUT2D eigenvalue weighted by molar-refractivity contribution is 5.76. The predicted molar refractivity (Wildman–Crippen MR) is 306 cm³/mol. The Balaban J connectivity index is 3.35. The Morgan fingerprint density at radius 2 is 0.743 bits per heavy atom. The monoisotopic (exact) mass is 982 g/mol. The summed E-state index contributed by atoms with van der Waals surface area (Å²) in [7, 11) is 0. The van der Waals surface area contributed by atoms with Crippen molar-refractivity contribution in [3.63, 3.8) is 0 Å². The quantitative estimate of drug-likeness (QED) is 0.0321. The molecular weight excluding hydrogens is 863 g/mol. The van der Waals surface area contributed by atoms with E-state index in [0.29, 0.717) is 19.4 Å². The van der Waals surface area contributed by atoms with Gasteiger partial charge in [-0.1, -0.05) is 274 Å². The normalized spacial score (nSPS) is 12.9. The molecule has 0 rings (SSSR count). The number of rotatable bonds is 57. The Morgan fingerprint density at radius 3 is 1.16 bits per heavy atom. The molecule has 0 radical (unpaired) electrons. The van der Waals surface area contributed by atoms with Gasteiger partial charge in [0.15, 0.2) is 0 Å². The number of unbranched alkanes of at least 4 members (excludes halogenated alkanes) is 40. The van der Waals surface area contributed by atoms with E-state index in [1.54, 1.807) is 6.08 Å². The minimum atomic E-state index is -0.841. The van der Waals surface area contributed by atoms with Gasteiger partial charge < -0.3 is 20.3 Å². The lowest BCUT2D eigenvalue weighted by molar-refractivity contribution is -0.143. The summed E-state index contributed by atoms with van der Waals surface area (Å²) in [6, 6.07) is -0.624. The van der Waals surface area contributed by atoms with E-state index in [2.05, 4.69) is 55.6 Å². The van der Waals surface area contributed by atoms with Crippen LogP contribution in [0.2, 0.25) is 0 Å². The van der Waals surface area contributed by atoms with Gasteiger partial charge in [0.2, 0.25) is 5.91 Å². The topological polar surface area (TPSA) is 95.9 Å². The summed E-state index contributed by atoms with van der Waals surface area (Å²) in [5.74, 6) is -0.0671. The summed E-state index contributed by atoms with van der Waals surface area (Å²) >= 11 is 0. The second-order valence-corrected chi connectivity index (χ2v) is 21.0. The number of esters is 1. The van der Waals surface area contributed by atoms with Crippen LogP contribution in [0.1, 0.15) is 322 Å². The molecule has 0 spiro atoms. The van der Waals surface area contributed by atoms with E-state index in [-0.39, 0.29) is 18.5 Å². The Labute approximate surface area is 436 Å². The van der Waals surface area contributed by atoms with Gasteiger partial charge >= 0.3 is 5.97 Å². The molecule has 70 heavy (non-hydrogen) atoms. The molecular formula is C64H119NO5. The van der Waals surface area contributed by atoms with Crippen molar-refractivity contribution >= 4 is 11.9 Å². The second-order valence-electron chi connectivity index (χ2n) is 21.0. The minimum Gasteiger partial charge on any atom is -0.466 e. The second kappa shape index (κ2) is 59.4. The zero-order valence-electron chi connectivity index (χ0n) is 46.7. The van der Waals surface area contributed by atoms with Crippen LogP contribution in [0.3, 0.4) is 0 Å². The van der Waals surface area contributed by atoms with Gasteiger partial charge in [0.25, 0.3) is 0 Å². The molecule has 0 aromatic carbocycles. The summed E-state index contributed by atoms with van der Waals surface area (Å²) in [4.78, 5) is 24.4. The average molecular weight is 983 g/mol. The summed E-state index contributed by atoms with van der Waals surface area (Å²) in [5, 5.41) is 22.9. The molecule has 2 atom stereocenters. The minimum absolute atomic E-state index is 0.00144. The highest BCUT2D eigenvalue weighted by Crippen LogP contribution is 2.17. The smallest absolute Gasteiger partial charge is 0.305 e. The molecule has 0 aliphatic rings. The molecule has 0 fully saturated rings. The molecule has 0 aliphatic carbocycles. The van der Waals surface area contributed by atoms with E-state index < -0.39 is 12.1 Å². The third-order valence-electron chi connectivity index (χ3n) is 14.0.